The van der Waals surface area contributed by atoms with Crippen molar-refractivity contribution in [2.45, 2.75) is 51.9 Å². The number of ketones is 2. The van der Waals surface area contributed by atoms with Gasteiger partial charge in [0.2, 0.25) is 0 Å². The molecular weight excluding hydrogens is 176 g/mol. The standard InChI is InChI=1S/C12H20O2/c1-3-5-6-8-12(14)10-9-11(13)7-4-2/h4H,2-3,5-10H2,1H3. The molecule has 0 aliphatic rings. The Hall–Kier alpha value is -0.920. The third-order valence-corrected chi connectivity index (χ3v) is 2.11. The molecule has 0 saturated carbocycles. The zero-order chi connectivity index (χ0) is 10.8. The summed E-state index contributed by atoms with van der Waals surface area (Å²) in [4.78, 5) is 22.3. The minimum absolute atomic E-state index is 0.115. The SMILES string of the molecule is C=CCC(=O)CCC(=O)CCCCC. The molecule has 0 fully saturated rings. The van der Waals surface area contributed by atoms with Crippen LogP contribution in [0.15, 0.2) is 12.7 Å². The van der Waals surface area contributed by atoms with E-state index in [0.717, 1.165) is 19.3 Å². The smallest absolute Gasteiger partial charge is 0.137 e. The van der Waals surface area contributed by atoms with Crippen LogP contribution in [0.3, 0.4) is 0 Å². The van der Waals surface area contributed by atoms with Gasteiger partial charge in [-0.15, -0.1) is 6.58 Å². The van der Waals surface area contributed by atoms with Gasteiger partial charge < -0.3 is 0 Å². The summed E-state index contributed by atoms with van der Waals surface area (Å²) in [6.45, 7) is 5.59. The summed E-state index contributed by atoms with van der Waals surface area (Å²) in [6.07, 6.45) is 6.61. The molecule has 0 aliphatic carbocycles. The first kappa shape index (κ1) is 13.1. The molecule has 0 rings (SSSR count). The number of allylic oxidation sites excluding steroid dienone is 1. The molecule has 0 aromatic carbocycles. The van der Waals surface area contributed by atoms with E-state index in [1.807, 2.05) is 0 Å². The predicted octanol–water partition coefficient (Wildman–Crippen LogP) is 3.06. The lowest BCUT2D eigenvalue weighted by Gasteiger charge is -1.99. The number of hydrogen-bond acceptors (Lipinski definition) is 2. The van der Waals surface area contributed by atoms with Gasteiger partial charge >= 0.3 is 0 Å². The second-order valence-corrected chi connectivity index (χ2v) is 3.53. The minimum Gasteiger partial charge on any atom is -0.300 e. The highest BCUT2D eigenvalue weighted by Crippen LogP contribution is 2.04. The zero-order valence-electron chi connectivity index (χ0n) is 9.05. The van der Waals surface area contributed by atoms with Crippen LogP contribution in [0.1, 0.15) is 51.9 Å². The highest BCUT2D eigenvalue weighted by atomic mass is 16.1. The Morgan fingerprint density at radius 1 is 1.07 bits per heavy atom. The van der Waals surface area contributed by atoms with Crippen molar-refractivity contribution >= 4 is 11.6 Å². The Balaban J connectivity index is 3.43. The molecule has 0 heterocycles. The van der Waals surface area contributed by atoms with Crippen LogP contribution >= 0.6 is 0 Å². The third-order valence-electron chi connectivity index (χ3n) is 2.11. The molecule has 0 aromatic rings. The lowest BCUT2D eigenvalue weighted by molar-refractivity contribution is -0.123. The number of carbonyl (C=O) groups is 2. The lowest BCUT2D eigenvalue weighted by atomic mass is 10.1. The average Bonchev–Trinajstić information content (AvgIpc) is 2.16. The Labute approximate surface area is 86.4 Å². The van der Waals surface area contributed by atoms with Crippen molar-refractivity contribution in [3.63, 3.8) is 0 Å². The first-order valence-electron chi connectivity index (χ1n) is 5.35. The summed E-state index contributed by atoms with van der Waals surface area (Å²) in [5.41, 5.74) is 0. The van der Waals surface area contributed by atoms with Gasteiger partial charge in [0.1, 0.15) is 11.6 Å². The second-order valence-electron chi connectivity index (χ2n) is 3.53. The van der Waals surface area contributed by atoms with Crippen LogP contribution in [0.2, 0.25) is 0 Å². The van der Waals surface area contributed by atoms with Gasteiger partial charge in [0, 0.05) is 25.7 Å². The fourth-order valence-electron chi connectivity index (χ4n) is 1.24. The van der Waals surface area contributed by atoms with Crippen molar-refractivity contribution in [2.24, 2.45) is 0 Å². The summed E-state index contributed by atoms with van der Waals surface area (Å²) in [7, 11) is 0. The molecule has 0 N–H and O–H groups in total. The van der Waals surface area contributed by atoms with Crippen molar-refractivity contribution in [3.05, 3.63) is 12.7 Å². The average molecular weight is 196 g/mol. The number of unbranched alkanes of at least 4 members (excludes halogenated alkanes) is 2. The molecular formula is C12H20O2. The zero-order valence-corrected chi connectivity index (χ0v) is 9.05. The van der Waals surface area contributed by atoms with Gasteiger partial charge in [-0.1, -0.05) is 25.8 Å². The van der Waals surface area contributed by atoms with Crippen molar-refractivity contribution in [3.8, 4) is 0 Å². The van der Waals surface area contributed by atoms with Crippen molar-refractivity contribution < 1.29 is 9.59 Å². The van der Waals surface area contributed by atoms with Gasteiger partial charge in [0.25, 0.3) is 0 Å². The first-order valence-corrected chi connectivity index (χ1v) is 5.35. The lowest BCUT2D eigenvalue weighted by Crippen LogP contribution is -2.03. The molecule has 2 nitrogen and oxygen atoms in total. The van der Waals surface area contributed by atoms with E-state index < -0.39 is 0 Å². The molecule has 0 unspecified atom stereocenters. The van der Waals surface area contributed by atoms with Crippen molar-refractivity contribution in [1.82, 2.24) is 0 Å². The van der Waals surface area contributed by atoms with Crippen LogP contribution in [-0.2, 0) is 9.59 Å². The van der Waals surface area contributed by atoms with Gasteiger partial charge in [-0.05, 0) is 6.42 Å². The summed E-state index contributed by atoms with van der Waals surface area (Å²) in [5, 5.41) is 0. The quantitative estimate of drug-likeness (QED) is 0.419. The highest BCUT2D eigenvalue weighted by molar-refractivity contribution is 5.86. The molecule has 0 aromatic heterocycles. The van der Waals surface area contributed by atoms with Gasteiger partial charge in [-0.3, -0.25) is 9.59 Å². The van der Waals surface area contributed by atoms with Crippen molar-refractivity contribution in [1.29, 1.82) is 0 Å². The van der Waals surface area contributed by atoms with E-state index in [1.54, 1.807) is 6.08 Å². The number of hydrogen-bond donors (Lipinski definition) is 0. The largest absolute Gasteiger partial charge is 0.300 e. The summed E-state index contributed by atoms with van der Waals surface area (Å²) < 4.78 is 0. The minimum atomic E-state index is 0.115. The maximum Gasteiger partial charge on any atom is 0.137 e. The molecule has 0 saturated heterocycles. The number of carbonyl (C=O) groups excluding carboxylic acids is 2. The Kier molecular flexibility index (Phi) is 8.10. The number of Topliss-reactive ketones (excluding diaryl/α,β-unsaturated/α-hetero) is 2. The van der Waals surface area contributed by atoms with Gasteiger partial charge in [-0.2, -0.15) is 0 Å². The summed E-state index contributed by atoms with van der Waals surface area (Å²) in [5.74, 6) is 0.333. The molecule has 0 spiro atoms. The Morgan fingerprint density at radius 3 is 2.29 bits per heavy atom. The normalized spacial score (nSPS) is 9.79. The molecule has 80 valence electrons. The monoisotopic (exact) mass is 196 g/mol. The van der Waals surface area contributed by atoms with E-state index in [2.05, 4.69) is 13.5 Å². The maximum atomic E-state index is 11.2. The van der Waals surface area contributed by atoms with Crippen molar-refractivity contribution in [2.75, 3.05) is 0 Å². The Bertz CT molecular complexity index is 194. The molecule has 14 heavy (non-hydrogen) atoms. The van der Waals surface area contributed by atoms with E-state index in [1.165, 1.54) is 0 Å². The van der Waals surface area contributed by atoms with Crippen LogP contribution in [-0.4, -0.2) is 11.6 Å². The van der Waals surface area contributed by atoms with E-state index in [0.29, 0.717) is 25.7 Å². The predicted molar refractivity (Wildman–Crippen MR) is 58.2 cm³/mol. The van der Waals surface area contributed by atoms with Crippen LogP contribution in [0, 0.1) is 0 Å². The molecule has 0 atom stereocenters. The summed E-state index contributed by atoms with van der Waals surface area (Å²) >= 11 is 0. The number of rotatable bonds is 9. The van der Waals surface area contributed by atoms with E-state index in [4.69, 9.17) is 0 Å². The van der Waals surface area contributed by atoms with Gasteiger partial charge in [0.05, 0.1) is 0 Å². The molecule has 2 heteroatoms. The van der Waals surface area contributed by atoms with E-state index >= 15 is 0 Å². The van der Waals surface area contributed by atoms with Crippen LogP contribution in [0.4, 0.5) is 0 Å². The maximum absolute atomic E-state index is 11.2. The molecule has 0 aliphatic heterocycles. The summed E-state index contributed by atoms with van der Waals surface area (Å²) in [6, 6.07) is 0. The first-order chi connectivity index (χ1) is 6.70. The topological polar surface area (TPSA) is 34.1 Å². The van der Waals surface area contributed by atoms with E-state index in [9.17, 15) is 9.59 Å². The second kappa shape index (κ2) is 8.67. The Morgan fingerprint density at radius 2 is 1.71 bits per heavy atom. The fraction of sp³-hybridized carbons (Fsp3) is 0.667. The highest BCUT2D eigenvalue weighted by Gasteiger charge is 2.05. The molecule has 0 bridgehead atoms. The molecule has 0 amide bonds. The van der Waals surface area contributed by atoms with Gasteiger partial charge in [0.15, 0.2) is 0 Å². The van der Waals surface area contributed by atoms with Crippen LogP contribution < -0.4 is 0 Å². The van der Waals surface area contributed by atoms with Crippen LogP contribution in [0.5, 0.6) is 0 Å². The van der Waals surface area contributed by atoms with Gasteiger partial charge in [-0.25, -0.2) is 0 Å². The fourth-order valence-corrected chi connectivity index (χ4v) is 1.24. The third kappa shape index (κ3) is 7.71. The van der Waals surface area contributed by atoms with E-state index in [-0.39, 0.29) is 11.6 Å². The molecule has 0 radical (unpaired) electrons. The van der Waals surface area contributed by atoms with Crippen LogP contribution in [0.25, 0.3) is 0 Å².